The molecule has 1 unspecified atom stereocenters. The zero-order chi connectivity index (χ0) is 14.3. The van der Waals surface area contributed by atoms with Crippen LogP contribution >= 0.6 is 0 Å². The lowest BCUT2D eigenvalue weighted by atomic mass is 10.3. The molecule has 0 bridgehead atoms. The Morgan fingerprint density at radius 1 is 1.42 bits per heavy atom. The third kappa shape index (κ3) is 5.43. The monoisotopic (exact) mass is 265 g/mol. The summed E-state index contributed by atoms with van der Waals surface area (Å²) in [7, 11) is 0. The number of carbonyl (C=O) groups excluding carboxylic acids is 2. The van der Waals surface area contributed by atoms with Crippen LogP contribution in [0.25, 0.3) is 0 Å². The molecule has 1 aromatic heterocycles. The second-order valence-corrected chi connectivity index (χ2v) is 4.05. The van der Waals surface area contributed by atoms with Crippen LogP contribution in [0.3, 0.4) is 0 Å². The molecule has 0 aliphatic heterocycles. The summed E-state index contributed by atoms with van der Waals surface area (Å²) in [6, 6.07) is 0.797. The minimum absolute atomic E-state index is 0.378. The number of rotatable bonds is 5. The standard InChI is InChI=1S/C12H19N5O2/c1-4-13-12(19)17-11(18)8(2)15-7-10-5-6-14-9(3)16-10/h5-6,8,15H,4,7H2,1-3H3,(H2,13,17,18,19). The number of hydrogen-bond acceptors (Lipinski definition) is 5. The second kappa shape index (κ2) is 7.42. The fourth-order valence-corrected chi connectivity index (χ4v) is 1.38. The number of aryl methyl sites for hydroxylation is 1. The van der Waals surface area contributed by atoms with Crippen molar-refractivity contribution < 1.29 is 9.59 Å². The Morgan fingerprint density at radius 2 is 2.16 bits per heavy atom. The van der Waals surface area contributed by atoms with Gasteiger partial charge in [-0.2, -0.15) is 0 Å². The van der Waals surface area contributed by atoms with Crippen molar-refractivity contribution >= 4 is 11.9 Å². The van der Waals surface area contributed by atoms with Gasteiger partial charge in [-0.15, -0.1) is 0 Å². The Bertz CT molecular complexity index is 450. The van der Waals surface area contributed by atoms with Gasteiger partial charge in [0.15, 0.2) is 0 Å². The molecule has 7 nitrogen and oxygen atoms in total. The van der Waals surface area contributed by atoms with Crippen molar-refractivity contribution in [2.24, 2.45) is 0 Å². The molecule has 0 aliphatic carbocycles. The van der Waals surface area contributed by atoms with Crippen LogP contribution in [0.2, 0.25) is 0 Å². The van der Waals surface area contributed by atoms with Crippen molar-refractivity contribution in [2.75, 3.05) is 6.54 Å². The molecule has 1 rings (SSSR count). The van der Waals surface area contributed by atoms with Gasteiger partial charge in [-0.3, -0.25) is 10.1 Å². The molecule has 1 aromatic rings. The minimum Gasteiger partial charge on any atom is -0.338 e. The van der Waals surface area contributed by atoms with Crippen molar-refractivity contribution in [2.45, 2.75) is 33.4 Å². The van der Waals surface area contributed by atoms with E-state index in [1.54, 1.807) is 33.0 Å². The Morgan fingerprint density at radius 3 is 2.79 bits per heavy atom. The smallest absolute Gasteiger partial charge is 0.321 e. The van der Waals surface area contributed by atoms with E-state index in [0.717, 1.165) is 5.69 Å². The maximum Gasteiger partial charge on any atom is 0.321 e. The summed E-state index contributed by atoms with van der Waals surface area (Å²) < 4.78 is 0. The molecule has 3 amide bonds. The van der Waals surface area contributed by atoms with Crippen LogP contribution in [-0.2, 0) is 11.3 Å². The number of hydrogen-bond donors (Lipinski definition) is 3. The third-order valence-corrected chi connectivity index (χ3v) is 2.39. The largest absolute Gasteiger partial charge is 0.338 e. The molecule has 0 aliphatic rings. The van der Waals surface area contributed by atoms with Gasteiger partial charge in [0.25, 0.3) is 0 Å². The van der Waals surface area contributed by atoms with Crippen molar-refractivity contribution in [1.82, 2.24) is 25.9 Å². The first-order valence-electron chi connectivity index (χ1n) is 6.13. The Balaban J connectivity index is 2.40. The molecule has 0 spiro atoms. The molecule has 3 N–H and O–H groups in total. The van der Waals surface area contributed by atoms with Crippen molar-refractivity contribution in [3.8, 4) is 0 Å². The number of carbonyl (C=O) groups is 2. The zero-order valence-electron chi connectivity index (χ0n) is 11.4. The summed E-state index contributed by atoms with van der Waals surface area (Å²) >= 11 is 0. The summed E-state index contributed by atoms with van der Waals surface area (Å²) in [6.45, 7) is 6.18. The van der Waals surface area contributed by atoms with Crippen LogP contribution in [0, 0.1) is 6.92 Å². The molecule has 0 fully saturated rings. The average molecular weight is 265 g/mol. The van der Waals surface area contributed by atoms with Crippen molar-refractivity contribution in [3.05, 3.63) is 23.8 Å². The average Bonchev–Trinajstić information content (AvgIpc) is 2.36. The molecule has 0 saturated carbocycles. The lowest BCUT2D eigenvalue weighted by Gasteiger charge is -2.13. The summed E-state index contributed by atoms with van der Waals surface area (Å²) in [5, 5.41) is 7.73. The minimum atomic E-state index is -0.488. The van der Waals surface area contributed by atoms with Crippen molar-refractivity contribution in [1.29, 1.82) is 0 Å². The predicted octanol–water partition coefficient (Wildman–Crippen LogP) is 0.109. The third-order valence-electron chi connectivity index (χ3n) is 2.39. The van der Waals surface area contributed by atoms with Crippen molar-refractivity contribution in [3.63, 3.8) is 0 Å². The molecule has 0 radical (unpaired) electrons. The molecule has 7 heteroatoms. The number of aromatic nitrogens is 2. The lowest BCUT2D eigenvalue weighted by Crippen LogP contribution is -2.47. The van der Waals surface area contributed by atoms with Gasteiger partial charge in [-0.25, -0.2) is 14.8 Å². The van der Waals surface area contributed by atoms with Crippen LogP contribution in [-0.4, -0.2) is 34.5 Å². The fourth-order valence-electron chi connectivity index (χ4n) is 1.38. The van der Waals surface area contributed by atoms with Gasteiger partial charge in [0.1, 0.15) is 5.82 Å². The predicted molar refractivity (Wildman–Crippen MR) is 70.3 cm³/mol. The quantitative estimate of drug-likeness (QED) is 0.702. The first kappa shape index (κ1) is 15.0. The van der Waals surface area contributed by atoms with E-state index in [1.165, 1.54) is 0 Å². The number of urea groups is 1. The molecule has 104 valence electrons. The molecule has 1 heterocycles. The summed E-state index contributed by atoms with van der Waals surface area (Å²) in [5.41, 5.74) is 0.796. The highest BCUT2D eigenvalue weighted by atomic mass is 16.2. The summed E-state index contributed by atoms with van der Waals surface area (Å²) in [5.74, 6) is 0.301. The van der Waals surface area contributed by atoms with Gasteiger partial charge in [-0.1, -0.05) is 0 Å². The first-order valence-corrected chi connectivity index (χ1v) is 6.13. The molecule has 0 aromatic carbocycles. The first-order chi connectivity index (χ1) is 9.02. The topological polar surface area (TPSA) is 96.0 Å². The van der Waals surface area contributed by atoms with Crippen LogP contribution in [0.1, 0.15) is 25.4 Å². The highest BCUT2D eigenvalue weighted by molar-refractivity contribution is 5.96. The number of amides is 3. The number of nitrogens with one attached hydrogen (secondary N) is 3. The van der Waals surface area contributed by atoms with Gasteiger partial charge in [0.05, 0.1) is 11.7 Å². The molecular weight excluding hydrogens is 246 g/mol. The molecule has 0 saturated heterocycles. The van der Waals surface area contributed by atoms with E-state index >= 15 is 0 Å². The Hall–Kier alpha value is -2.02. The van der Waals surface area contributed by atoms with Gasteiger partial charge >= 0.3 is 6.03 Å². The van der Waals surface area contributed by atoms with E-state index in [2.05, 4.69) is 25.9 Å². The van der Waals surface area contributed by atoms with Gasteiger partial charge in [0.2, 0.25) is 5.91 Å². The molecule has 1 atom stereocenters. The van der Waals surface area contributed by atoms with Crippen LogP contribution in [0.15, 0.2) is 12.3 Å². The van der Waals surface area contributed by atoms with E-state index in [9.17, 15) is 9.59 Å². The van der Waals surface area contributed by atoms with E-state index in [4.69, 9.17) is 0 Å². The van der Waals surface area contributed by atoms with E-state index < -0.39 is 12.1 Å². The van der Waals surface area contributed by atoms with Crippen LogP contribution < -0.4 is 16.0 Å². The highest BCUT2D eigenvalue weighted by Crippen LogP contribution is 1.95. The highest BCUT2D eigenvalue weighted by Gasteiger charge is 2.14. The van der Waals surface area contributed by atoms with Gasteiger partial charge < -0.3 is 10.6 Å². The number of nitrogens with zero attached hydrogens (tertiary/aromatic N) is 2. The normalized spacial score (nSPS) is 11.7. The van der Waals surface area contributed by atoms with Gasteiger partial charge in [-0.05, 0) is 26.8 Å². The van der Waals surface area contributed by atoms with E-state index in [-0.39, 0.29) is 5.91 Å². The molecule has 19 heavy (non-hydrogen) atoms. The second-order valence-electron chi connectivity index (χ2n) is 4.05. The Labute approximate surface area is 112 Å². The Kier molecular flexibility index (Phi) is 5.87. The van der Waals surface area contributed by atoms with E-state index in [0.29, 0.717) is 18.9 Å². The van der Waals surface area contributed by atoms with Crippen LogP contribution in [0.4, 0.5) is 4.79 Å². The number of imide groups is 1. The van der Waals surface area contributed by atoms with Crippen LogP contribution in [0.5, 0.6) is 0 Å². The zero-order valence-corrected chi connectivity index (χ0v) is 11.4. The lowest BCUT2D eigenvalue weighted by molar-refractivity contribution is -0.121. The maximum atomic E-state index is 11.6. The maximum absolute atomic E-state index is 11.6. The molecular formula is C12H19N5O2. The fraction of sp³-hybridized carbons (Fsp3) is 0.500. The SMILES string of the molecule is CCNC(=O)NC(=O)C(C)NCc1ccnc(C)n1. The van der Waals surface area contributed by atoms with E-state index in [1.807, 2.05) is 0 Å². The summed E-state index contributed by atoms with van der Waals surface area (Å²) in [6.07, 6.45) is 1.67. The summed E-state index contributed by atoms with van der Waals surface area (Å²) in [4.78, 5) is 31.0. The van der Waals surface area contributed by atoms with Gasteiger partial charge in [0, 0.05) is 19.3 Å².